The smallest absolute Gasteiger partial charge is 1.00 e. The van der Waals surface area contributed by atoms with Gasteiger partial charge in [0.2, 0.25) is 0 Å². The summed E-state index contributed by atoms with van der Waals surface area (Å²) >= 11 is 0. The molecule has 0 aromatic heterocycles. The molecule has 0 nitrogen and oxygen atoms in total. The third-order valence-corrected chi connectivity index (χ3v) is 0.898. The number of aryl methyl sites for hydroxylation is 1. The van der Waals surface area contributed by atoms with E-state index in [1.54, 1.807) is 6.07 Å². The molecule has 10 heavy (non-hydrogen) atoms. The third-order valence-electron chi connectivity index (χ3n) is 0.898. The molecule has 0 amide bonds. The Hall–Kier alpha value is 0.396. The van der Waals surface area contributed by atoms with Crippen molar-refractivity contribution < 1.29 is 21.4 Å². The number of halogens is 2. The molecule has 0 aliphatic heterocycles. The molecule has 0 heterocycles. The van der Waals surface area contributed by atoms with Crippen LogP contribution in [0.15, 0.2) is 18.2 Å². The molecule has 0 atom stereocenters. The van der Waals surface area contributed by atoms with Crippen molar-refractivity contribution in [3.63, 3.8) is 0 Å². The Labute approximate surface area is 86.7 Å². The summed E-state index contributed by atoms with van der Waals surface area (Å²) in [5.41, 5.74) is 0.907. The minimum atomic E-state index is -0.218. The van der Waals surface area contributed by atoms with E-state index in [1.807, 2.05) is 6.92 Å². The maximum atomic E-state index is 12.1. The fourth-order valence-electron chi connectivity index (χ4n) is 0.554. The molecule has 0 saturated heterocycles. The average molecular weight is 213 g/mol. The predicted molar refractivity (Wildman–Crippen MR) is 35.7 cm³/mol. The molecule has 0 saturated carbocycles. The van der Waals surface area contributed by atoms with E-state index in [0.29, 0.717) is 0 Å². The van der Waals surface area contributed by atoms with Gasteiger partial charge in [0, 0.05) is 5.82 Å². The molecule has 1 rings (SSSR count). The van der Waals surface area contributed by atoms with Gasteiger partial charge in [0.25, 0.3) is 0 Å². The van der Waals surface area contributed by atoms with Gasteiger partial charge >= 0.3 is 23.1 Å². The van der Waals surface area contributed by atoms with E-state index in [9.17, 15) is 4.39 Å². The molecule has 3 heteroatoms. The second-order valence-electron chi connectivity index (χ2n) is 1.73. The van der Waals surface area contributed by atoms with Crippen molar-refractivity contribution in [3.8, 4) is 0 Å². The SMILES string of the molecule is Cc1c[c-]cc(F)c1.[Br-].[Mg+2]. The van der Waals surface area contributed by atoms with Gasteiger partial charge in [0.1, 0.15) is 0 Å². The van der Waals surface area contributed by atoms with Crippen molar-refractivity contribution in [1.82, 2.24) is 0 Å². The molecule has 1 aromatic rings. The van der Waals surface area contributed by atoms with Gasteiger partial charge < -0.3 is 17.0 Å². The van der Waals surface area contributed by atoms with Gasteiger partial charge in [-0.15, -0.1) is 12.1 Å². The molecule has 0 spiro atoms. The quantitative estimate of drug-likeness (QED) is 0.366. The van der Waals surface area contributed by atoms with E-state index in [4.69, 9.17) is 0 Å². The van der Waals surface area contributed by atoms with Crippen LogP contribution < -0.4 is 17.0 Å². The Morgan fingerprint density at radius 2 is 2.00 bits per heavy atom. The summed E-state index contributed by atoms with van der Waals surface area (Å²) in [5.74, 6) is -0.218. The molecule has 50 valence electrons. The van der Waals surface area contributed by atoms with Gasteiger partial charge in [-0.25, -0.2) is 0 Å². The first-order valence-electron chi connectivity index (χ1n) is 2.42. The number of rotatable bonds is 0. The van der Waals surface area contributed by atoms with Crippen molar-refractivity contribution >= 4 is 23.1 Å². The van der Waals surface area contributed by atoms with Crippen LogP contribution >= 0.6 is 0 Å². The van der Waals surface area contributed by atoms with Crippen molar-refractivity contribution in [2.24, 2.45) is 0 Å². The maximum Gasteiger partial charge on any atom is 2.00 e. The fourth-order valence-corrected chi connectivity index (χ4v) is 0.554. The zero-order valence-corrected chi connectivity index (χ0v) is 8.70. The summed E-state index contributed by atoms with van der Waals surface area (Å²) in [7, 11) is 0. The van der Waals surface area contributed by atoms with Gasteiger partial charge in [0.15, 0.2) is 0 Å². The molecular formula is C7H6BrFMg. The first-order chi connectivity index (χ1) is 3.79. The molecule has 1 aromatic carbocycles. The standard InChI is InChI=1S/C7H6F.BrH.Mg/c1-6-3-2-4-7(8)5-6;;/h3-5H,1H3;1H;/q-1;;+2/p-1. The minimum absolute atomic E-state index is 0. The second-order valence-corrected chi connectivity index (χ2v) is 1.73. The molecule has 0 unspecified atom stereocenters. The van der Waals surface area contributed by atoms with Crippen LogP contribution in [0.4, 0.5) is 4.39 Å². The van der Waals surface area contributed by atoms with Crippen LogP contribution in [0.25, 0.3) is 0 Å². The summed E-state index contributed by atoms with van der Waals surface area (Å²) in [4.78, 5) is 0. The van der Waals surface area contributed by atoms with Crippen molar-refractivity contribution in [1.29, 1.82) is 0 Å². The molecule has 0 N–H and O–H groups in total. The first-order valence-corrected chi connectivity index (χ1v) is 2.42. The number of hydrogen-bond donors (Lipinski definition) is 0. The molecule has 0 aliphatic carbocycles. The van der Waals surface area contributed by atoms with Gasteiger partial charge in [-0.05, 0) is 0 Å². The van der Waals surface area contributed by atoms with Gasteiger partial charge in [-0.1, -0.05) is 6.92 Å². The van der Waals surface area contributed by atoms with E-state index < -0.39 is 0 Å². The molecule has 0 aliphatic rings. The zero-order chi connectivity index (χ0) is 5.98. The second kappa shape index (κ2) is 6.13. The Bertz CT molecular complexity index is 173. The summed E-state index contributed by atoms with van der Waals surface area (Å²) in [6.07, 6.45) is 0. The summed E-state index contributed by atoms with van der Waals surface area (Å²) in [6, 6.07) is 7.17. The maximum absolute atomic E-state index is 12.1. The Balaban J connectivity index is 0. The Morgan fingerprint density at radius 3 is 2.30 bits per heavy atom. The molecule has 0 bridgehead atoms. The van der Waals surface area contributed by atoms with E-state index >= 15 is 0 Å². The number of benzene rings is 1. The van der Waals surface area contributed by atoms with Gasteiger partial charge in [0.05, 0.1) is 0 Å². The van der Waals surface area contributed by atoms with E-state index in [1.165, 1.54) is 12.1 Å². The summed E-state index contributed by atoms with van der Waals surface area (Å²) in [5, 5.41) is 0. The van der Waals surface area contributed by atoms with Crippen LogP contribution in [0.2, 0.25) is 0 Å². The largest absolute Gasteiger partial charge is 2.00 e. The van der Waals surface area contributed by atoms with Crippen LogP contribution in [0.1, 0.15) is 5.56 Å². The van der Waals surface area contributed by atoms with Crippen LogP contribution in [0.5, 0.6) is 0 Å². The Morgan fingerprint density at radius 1 is 1.40 bits per heavy atom. The molecule has 0 fully saturated rings. The Kier molecular flexibility index (Phi) is 7.98. The van der Waals surface area contributed by atoms with Crippen molar-refractivity contribution in [3.05, 3.63) is 35.6 Å². The van der Waals surface area contributed by atoms with Crippen LogP contribution in [0, 0.1) is 18.8 Å². The molecular weight excluding hydrogens is 207 g/mol. The predicted octanol–water partition coefficient (Wildman–Crippen LogP) is -1.44. The fraction of sp³-hybridized carbons (Fsp3) is 0.143. The van der Waals surface area contributed by atoms with E-state index in [2.05, 4.69) is 6.07 Å². The average Bonchev–Trinajstić information content (AvgIpc) is 1.64. The van der Waals surface area contributed by atoms with Crippen LogP contribution in [0.3, 0.4) is 0 Å². The van der Waals surface area contributed by atoms with E-state index in [-0.39, 0.29) is 45.9 Å². The topological polar surface area (TPSA) is 0 Å². The summed E-state index contributed by atoms with van der Waals surface area (Å²) < 4.78 is 12.1. The third kappa shape index (κ3) is 4.25. The van der Waals surface area contributed by atoms with Gasteiger partial charge in [-0.2, -0.15) is 17.7 Å². The summed E-state index contributed by atoms with van der Waals surface area (Å²) in [6.45, 7) is 1.83. The molecule has 0 radical (unpaired) electrons. The van der Waals surface area contributed by atoms with Crippen molar-refractivity contribution in [2.75, 3.05) is 0 Å². The van der Waals surface area contributed by atoms with Crippen LogP contribution in [-0.2, 0) is 0 Å². The minimum Gasteiger partial charge on any atom is -1.00 e. The van der Waals surface area contributed by atoms with Gasteiger partial charge in [-0.3, -0.25) is 4.39 Å². The van der Waals surface area contributed by atoms with Crippen molar-refractivity contribution in [2.45, 2.75) is 6.92 Å². The zero-order valence-electron chi connectivity index (χ0n) is 5.70. The van der Waals surface area contributed by atoms with E-state index in [0.717, 1.165) is 5.56 Å². The normalized spacial score (nSPS) is 7.40. The van der Waals surface area contributed by atoms with Crippen LogP contribution in [-0.4, -0.2) is 23.1 Å². The monoisotopic (exact) mass is 212 g/mol. The first kappa shape index (κ1) is 13.0. The number of hydrogen-bond acceptors (Lipinski definition) is 0.